The molecule has 1 unspecified atom stereocenters. The van der Waals surface area contributed by atoms with E-state index in [0.29, 0.717) is 13.1 Å². The van der Waals surface area contributed by atoms with Gasteiger partial charge in [-0.05, 0) is 19.9 Å². The van der Waals surface area contributed by atoms with Crippen LogP contribution in [-0.2, 0) is 19.9 Å². The van der Waals surface area contributed by atoms with Crippen LogP contribution >= 0.6 is 0 Å². The second-order valence-electron chi connectivity index (χ2n) is 4.41. The molecule has 0 aromatic carbocycles. The molecule has 17 heavy (non-hydrogen) atoms. The Kier molecular flexibility index (Phi) is 4.94. The molecule has 0 aromatic rings. The van der Waals surface area contributed by atoms with Gasteiger partial charge in [0.2, 0.25) is 10.0 Å². The van der Waals surface area contributed by atoms with E-state index >= 15 is 0 Å². The predicted octanol–water partition coefficient (Wildman–Crippen LogP) is -0.955. The minimum atomic E-state index is -3.45. The molecule has 0 saturated carbocycles. The van der Waals surface area contributed by atoms with Crippen LogP contribution < -0.4 is 5.32 Å². The topological polar surface area (TPSA) is 83.6 Å². The molecule has 1 saturated heterocycles. The highest BCUT2D eigenvalue weighted by atomic mass is 32.2. The van der Waals surface area contributed by atoms with Gasteiger partial charge in [-0.25, -0.2) is 16.8 Å². The molecule has 102 valence electrons. The lowest BCUT2D eigenvalue weighted by molar-refractivity contribution is 0.380. The number of likely N-dealkylation sites (N-methyl/N-ethyl adjacent to an activating group) is 1. The van der Waals surface area contributed by atoms with Crippen molar-refractivity contribution in [2.45, 2.75) is 18.9 Å². The van der Waals surface area contributed by atoms with Crippen molar-refractivity contribution in [3.63, 3.8) is 0 Å². The van der Waals surface area contributed by atoms with Gasteiger partial charge in [0, 0.05) is 25.4 Å². The lowest BCUT2D eigenvalue weighted by atomic mass is 10.2. The van der Waals surface area contributed by atoms with Crippen molar-refractivity contribution in [2.75, 3.05) is 37.9 Å². The van der Waals surface area contributed by atoms with Crippen LogP contribution in [0, 0.1) is 0 Å². The number of nitrogens with zero attached hydrogens (tertiary/aromatic N) is 1. The molecule has 1 aliphatic rings. The molecule has 0 spiro atoms. The summed E-state index contributed by atoms with van der Waals surface area (Å²) < 4.78 is 47.4. The maximum Gasteiger partial charge on any atom is 0.215 e. The summed E-state index contributed by atoms with van der Waals surface area (Å²) in [6.45, 7) is 1.11. The second-order valence-corrected chi connectivity index (χ2v) is 8.71. The third kappa shape index (κ3) is 4.53. The number of rotatable bonds is 6. The fraction of sp³-hybridized carbons (Fsp3) is 1.00. The number of sulfonamides is 1. The third-order valence-corrected chi connectivity index (χ3v) is 5.95. The lowest BCUT2D eigenvalue weighted by Crippen LogP contribution is -2.42. The maximum absolute atomic E-state index is 12.0. The first-order chi connectivity index (χ1) is 7.76. The first kappa shape index (κ1) is 14.9. The Bertz CT molecular complexity index is 444. The largest absolute Gasteiger partial charge is 0.318 e. The van der Waals surface area contributed by atoms with E-state index in [1.165, 1.54) is 4.31 Å². The average Bonchev–Trinajstić information content (AvgIpc) is 2.63. The zero-order valence-electron chi connectivity index (χ0n) is 10.2. The van der Waals surface area contributed by atoms with E-state index in [0.717, 1.165) is 19.1 Å². The summed E-state index contributed by atoms with van der Waals surface area (Å²) in [5, 5.41) is 2.96. The Hall–Kier alpha value is -0.180. The minimum absolute atomic E-state index is 0.0374. The normalized spacial score (nSPS) is 23.1. The van der Waals surface area contributed by atoms with Gasteiger partial charge in [-0.15, -0.1) is 0 Å². The van der Waals surface area contributed by atoms with E-state index in [9.17, 15) is 16.8 Å². The van der Waals surface area contributed by atoms with Gasteiger partial charge >= 0.3 is 0 Å². The standard InChI is InChI=1S/C9H20N2O4S2/c1-10-8-9-4-3-5-11(9)17(14,15)7-6-16(2,12)13/h9-10H,3-8H2,1-2H3. The van der Waals surface area contributed by atoms with Crippen LogP contribution in [0.4, 0.5) is 0 Å². The number of hydrogen-bond donors (Lipinski definition) is 1. The Morgan fingerprint density at radius 3 is 2.41 bits per heavy atom. The maximum atomic E-state index is 12.0. The van der Waals surface area contributed by atoms with Gasteiger partial charge in [-0.3, -0.25) is 0 Å². The highest BCUT2D eigenvalue weighted by Crippen LogP contribution is 2.20. The van der Waals surface area contributed by atoms with E-state index in [1.54, 1.807) is 7.05 Å². The Labute approximate surface area is 103 Å². The average molecular weight is 284 g/mol. The van der Waals surface area contributed by atoms with Crippen molar-refractivity contribution in [3.05, 3.63) is 0 Å². The molecule has 1 N–H and O–H groups in total. The van der Waals surface area contributed by atoms with Gasteiger partial charge in [0.05, 0.1) is 11.5 Å². The summed E-state index contributed by atoms with van der Waals surface area (Å²) in [4.78, 5) is 0. The molecule has 1 heterocycles. The zero-order valence-corrected chi connectivity index (χ0v) is 11.8. The number of nitrogens with one attached hydrogen (secondary N) is 1. The van der Waals surface area contributed by atoms with Gasteiger partial charge < -0.3 is 5.32 Å². The van der Waals surface area contributed by atoms with Gasteiger partial charge in [-0.1, -0.05) is 0 Å². The zero-order chi connectivity index (χ0) is 13.1. The number of hydrogen-bond acceptors (Lipinski definition) is 5. The van der Waals surface area contributed by atoms with Crippen LogP contribution in [0.15, 0.2) is 0 Å². The SMILES string of the molecule is CNCC1CCCN1S(=O)(=O)CCS(C)(=O)=O. The predicted molar refractivity (Wildman–Crippen MR) is 67.2 cm³/mol. The van der Waals surface area contributed by atoms with Crippen LogP contribution in [0.2, 0.25) is 0 Å². The van der Waals surface area contributed by atoms with E-state index in [1.807, 2.05) is 0 Å². The van der Waals surface area contributed by atoms with Crippen molar-refractivity contribution < 1.29 is 16.8 Å². The molecule has 0 aliphatic carbocycles. The molecule has 6 nitrogen and oxygen atoms in total. The van der Waals surface area contributed by atoms with E-state index in [2.05, 4.69) is 5.32 Å². The molecule has 0 radical (unpaired) electrons. The van der Waals surface area contributed by atoms with Gasteiger partial charge in [-0.2, -0.15) is 4.31 Å². The van der Waals surface area contributed by atoms with Crippen molar-refractivity contribution in [2.24, 2.45) is 0 Å². The molecule has 1 rings (SSSR count). The van der Waals surface area contributed by atoms with Crippen molar-refractivity contribution in [1.82, 2.24) is 9.62 Å². The molecule has 0 bridgehead atoms. The summed E-state index contributed by atoms with van der Waals surface area (Å²) in [7, 11) is -4.91. The molecular formula is C9H20N2O4S2. The third-order valence-electron chi connectivity index (χ3n) is 2.83. The van der Waals surface area contributed by atoms with Crippen LogP contribution in [0.1, 0.15) is 12.8 Å². The fourth-order valence-electron chi connectivity index (χ4n) is 1.99. The van der Waals surface area contributed by atoms with Gasteiger partial charge in [0.15, 0.2) is 0 Å². The molecule has 8 heteroatoms. The molecule has 0 amide bonds. The Morgan fingerprint density at radius 2 is 1.88 bits per heavy atom. The monoisotopic (exact) mass is 284 g/mol. The lowest BCUT2D eigenvalue weighted by Gasteiger charge is -2.23. The van der Waals surface area contributed by atoms with E-state index in [-0.39, 0.29) is 17.5 Å². The van der Waals surface area contributed by atoms with E-state index < -0.39 is 19.9 Å². The van der Waals surface area contributed by atoms with Crippen LogP contribution in [0.25, 0.3) is 0 Å². The molecule has 1 atom stereocenters. The highest BCUT2D eigenvalue weighted by Gasteiger charge is 2.33. The fourth-order valence-corrected chi connectivity index (χ4v) is 5.32. The summed E-state index contributed by atoms with van der Waals surface area (Å²) in [6.07, 6.45) is 2.72. The van der Waals surface area contributed by atoms with E-state index in [4.69, 9.17) is 0 Å². The molecule has 1 fully saturated rings. The first-order valence-corrected chi connectivity index (χ1v) is 9.25. The summed E-state index contributed by atoms with van der Waals surface area (Å²) in [6, 6.07) is -0.0374. The van der Waals surface area contributed by atoms with Gasteiger partial charge in [0.25, 0.3) is 0 Å². The summed E-state index contributed by atoms with van der Waals surface area (Å²) in [5.41, 5.74) is 0. The Morgan fingerprint density at radius 1 is 1.24 bits per heavy atom. The minimum Gasteiger partial charge on any atom is -0.318 e. The number of sulfone groups is 1. The second kappa shape index (κ2) is 5.64. The molecular weight excluding hydrogens is 264 g/mol. The highest BCUT2D eigenvalue weighted by molar-refractivity contribution is 7.93. The van der Waals surface area contributed by atoms with Crippen molar-refractivity contribution >= 4 is 19.9 Å². The molecule has 1 aliphatic heterocycles. The van der Waals surface area contributed by atoms with Crippen molar-refractivity contribution in [3.8, 4) is 0 Å². The molecule has 0 aromatic heterocycles. The Balaban J connectivity index is 2.69. The smallest absolute Gasteiger partial charge is 0.215 e. The van der Waals surface area contributed by atoms with Crippen LogP contribution in [-0.4, -0.2) is 65.1 Å². The summed E-state index contributed by atoms with van der Waals surface area (Å²) in [5.74, 6) is -0.621. The quantitative estimate of drug-likeness (QED) is 0.679. The van der Waals surface area contributed by atoms with Crippen LogP contribution in [0.5, 0.6) is 0 Å². The summed E-state index contributed by atoms with van der Waals surface area (Å²) >= 11 is 0. The van der Waals surface area contributed by atoms with Crippen LogP contribution in [0.3, 0.4) is 0 Å². The van der Waals surface area contributed by atoms with Crippen molar-refractivity contribution in [1.29, 1.82) is 0 Å². The van der Waals surface area contributed by atoms with Gasteiger partial charge in [0.1, 0.15) is 9.84 Å². The first-order valence-electron chi connectivity index (χ1n) is 5.58.